The highest BCUT2D eigenvalue weighted by atomic mass is 19.1. The average Bonchev–Trinajstić information content (AvgIpc) is 3.33. The van der Waals surface area contributed by atoms with Gasteiger partial charge in [-0.3, -0.25) is 4.79 Å². The minimum absolute atomic E-state index is 0.126. The third-order valence-corrected chi connectivity index (χ3v) is 5.58. The van der Waals surface area contributed by atoms with E-state index >= 15 is 0 Å². The number of pyridine rings is 1. The van der Waals surface area contributed by atoms with Crippen molar-refractivity contribution >= 4 is 17.1 Å². The summed E-state index contributed by atoms with van der Waals surface area (Å²) in [6.45, 7) is 4.70. The second-order valence-electron chi connectivity index (χ2n) is 8.39. The highest BCUT2D eigenvalue weighted by Crippen LogP contribution is 2.33. The van der Waals surface area contributed by atoms with E-state index in [-0.39, 0.29) is 18.0 Å². The SMILES string of the molecule is CC(C)CN(Cc1nc2cccnc2n1C1CCCC1)C(=O)c1ccc(F)cc1F. The molecule has 158 valence electrons. The molecule has 2 aromatic heterocycles. The first kappa shape index (κ1) is 20.4. The number of fused-ring (bicyclic) bond motifs is 1. The molecular weight excluding hydrogens is 386 g/mol. The molecule has 0 aliphatic heterocycles. The normalized spacial score (nSPS) is 14.7. The zero-order chi connectivity index (χ0) is 21.3. The minimum Gasteiger partial charge on any atom is -0.331 e. The van der Waals surface area contributed by atoms with Gasteiger partial charge in [0.05, 0.1) is 12.1 Å². The first-order chi connectivity index (χ1) is 14.4. The Kier molecular flexibility index (Phi) is 5.79. The molecule has 0 saturated heterocycles. The van der Waals surface area contributed by atoms with Crippen molar-refractivity contribution in [1.29, 1.82) is 0 Å². The summed E-state index contributed by atoms with van der Waals surface area (Å²) in [5, 5.41) is 0. The largest absolute Gasteiger partial charge is 0.331 e. The molecule has 0 radical (unpaired) electrons. The summed E-state index contributed by atoms with van der Waals surface area (Å²) in [5.74, 6) is -1.07. The van der Waals surface area contributed by atoms with E-state index < -0.39 is 17.5 Å². The Balaban J connectivity index is 1.72. The van der Waals surface area contributed by atoms with Crippen molar-refractivity contribution in [2.24, 2.45) is 5.92 Å². The van der Waals surface area contributed by atoms with Crippen LogP contribution in [-0.2, 0) is 6.54 Å². The maximum Gasteiger partial charge on any atom is 0.257 e. The van der Waals surface area contributed by atoms with Crippen LogP contribution in [0, 0.1) is 17.6 Å². The van der Waals surface area contributed by atoms with Gasteiger partial charge >= 0.3 is 0 Å². The second kappa shape index (κ2) is 8.50. The molecule has 1 aromatic carbocycles. The van der Waals surface area contributed by atoms with E-state index in [1.54, 1.807) is 11.1 Å². The summed E-state index contributed by atoms with van der Waals surface area (Å²) < 4.78 is 29.8. The van der Waals surface area contributed by atoms with Crippen LogP contribution in [0.2, 0.25) is 0 Å². The number of hydrogen-bond donors (Lipinski definition) is 0. The molecule has 30 heavy (non-hydrogen) atoms. The fourth-order valence-corrected chi connectivity index (χ4v) is 4.30. The van der Waals surface area contributed by atoms with Crippen LogP contribution in [0.25, 0.3) is 11.2 Å². The number of aromatic nitrogens is 3. The molecule has 4 rings (SSSR count). The Labute approximate surface area is 174 Å². The number of carbonyl (C=O) groups is 1. The summed E-state index contributed by atoms with van der Waals surface area (Å²) in [6.07, 6.45) is 6.18. The van der Waals surface area contributed by atoms with Crippen LogP contribution >= 0.6 is 0 Å². The Bertz CT molecular complexity index is 1060. The molecule has 0 N–H and O–H groups in total. The van der Waals surface area contributed by atoms with Crippen molar-refractivity contribution in [1.82, 2.24) is 19.4 Å². The van der Waals surface area contributed by atoms with Gasteiger partial charge < -0.3 is 9.47 Å². The van der Waals surface area contributed by atoms with Crippen LogP contribution in [0.4, 0.5) is 8.78 Å². The van der Waals surface area contributed by atoms with Crippen LogP contribution in [0.5, 0.6) is 0 Å². The fraction of sp³-hybridized carbons (Fsp3) is 0.435. The minimum atomic E-state index is -0.847. The highest BCUT2D eigenvalue weighted by Gasteiger charge is 2.27. The lowest BCUT2D eigenvalue weighted by molar-refractivity contribution is 0.0710. The summed E-state index contributed by atoms with van der Waals surface area (Å²) >= 11 is 0. The van der Waals surface area contributed by atoms with E-state index in [1.165, 1.54) is 6.07 Å². The quantitative estimate of drug-likeness (QED) is 0.564. The molecule has 3 aromatic rings. The maximum atomic E-state index is 14.3. The molecule has 0 spiro atoms. The van der Waals surface area contributed by atoms with Crippen molar-refractivity contribution in [3.05, 3.63) is 59.6 Å². The van der Waals surface area contributed by atoms with Gasteiger partial charge in [0, 0.05) is 24.8 Å². The van der Waals surface area contributed by atoms with Crippen molar-refractivity contribution in [2.75, 3.05) is 6.54 Å². The highest BCUT2D eigenvalue weighted by molar-refractivity contribution is 5.94. The smallest absolute Gasteiger partial charge is 0.257 e. The van der Waals surface area contributed by atoms with Gasteiger partial charge in [-0.05, 0) is 43.0 Å². The van der Waals surface area contributed by atoms with Gasteiger partial charge in [-0.2, -0.15) is 0 Å². The van der Waals surface area contributed by atoms with Gasteiger partial charge in [-0.25, -0.2) is 18.7 Å². The Morgan fingerprint density at radius 3 is 2.70 bits per heavy atom. The molecule has 1 aliphatic carbocycles. The van der Waals surface area contributed by atoms with Gasteiger partial charge in [0.2, 0.25) is 0 Å². The van der Waals surface area contributed by atoms with Gasteiger partial charge in [0.25, 0.3) is 5.91 Å². The first-order valence-corrected chi connectivity index (χ1v) is 10.5. The standard InChI is InChI=1S/C23H26F2N4O/c1-15(2)13-28(23(30)18-10-9-16(24)12-19(18)25)14-21-27-20-8-5-11-26-22(20)29(21)17-6-3-4-7-17/h5,8-12,15,17H,3-4,6-7,13-14H2,1-2H3. The van der Waals surface area contributed by atoms with E-state index in [0.717, 1.165) is 54.8 Å². The molecule has 0 unspecified atom stereocenters. The molecule has 7 heteroatoms. The molecule has 0 atom stereocenters. The summed E-state index contributed by atoms with van der Waals surface area (Å²) in [7, 11) is 0. The number of amides is 1. The molecule has 1 saturated carbocycles. The fourth-order valence-electron chi connectivity index (χ4n) is 4.30. The molecule has 2 heterocycles. The van der Waals surface area contributed by atoms with E-state index in [9.17, 15) is 13.6 Å². The number of benzene rings is 1. The van der Waals surface area contributed by atoms with E-state index in [0.29, 0.717) is 12.6 Å². The zero-order valence-electron chi connectivity index (χ0n) is 17.3. The Morgan fingerprint density at radius 2 is 2.00 bits per heavy atom. The summed E-state index contributed by atoms with van der Waals surface area (Å²) in [5.41, 5.74) is 1.49. The third kappa shape index (κ3) is 4.06. The third-order valence-electron chi connectivity index (χ3n) is 5.58. The van der Waals surface area contributed by atoms with Crippen molar-refractivity contribution in [3.63, 3.8) is 0 Å². The number of carbonyl (C=O) groups excluding carboxylic acids is 1. The number of halogens is 2. The predicted molar refractivity (Wildman–Crippen MR) is 111 cm³/mol. The number of rotatable bonds is 6. The maximum absolute atomic E-state index is 14.3. The van der Waals surface area contributed by atoms with E-state index in [2.05, 4.69) is 9.55 Å². The number of imidazole rings is 1. The van der Waals surface area contributed by atoms with Crippen LogP contribution in [-0.4, -0.2) is 31.9 Å². The van der Waals surface area contributed by atoms with Gasteiger partial charge in [-0.1, -0.05) is 26.7 Å². The van der Waals surface area contributed by atoms with E-state index in [4.69, 9.17) is 4.98 Å². The van der Waals surface area contributed by atoms with Crippen LogP contribution in [0.15, 0.2) is 36.5 Å². The monoisotopic (exact) mass is 412 g/mol. The van der Waals surface area contributed by atoms with Crippen LogP contribution < -0.4 is 0 Å². The van der Waals surface area contributed by atoms with E-state index in [1.807, 2.05) is 26.0 Å². The molecule has 1 amide bonds. The van der Waals surface area contributed by atoms with Crippen LogP contribution in [0.3, 0.4) is 0 Å². The Hall–Kier alpha value is -2.83. The van der Waals surface area contributed by atoms with Gasteiger partial charge in [0.15, 0.2) is 5.65 Å². The summed E-state index contributed by atoms with van der Waals surface area (Å²) in [6, 6.07) is 7.15. The second-order valence-corrected chi connectivity index (χ2v) is 8.39. The topological polar surface area (TPSA) is 51.0 Å². The molecule has 0 bridgehead atoms. The molecule has 5 nitrogen and oxygen atoms in total. The zero-order valence-corrected chi connectivity index (χ0v) is 17.3. The lowest BCUT2D eigenvalue weighted by Gasteiger charge is -2.26. The van der Waals surface area contributed by atoms with Crippen molar-refractivity contribution in [2.45, 2.75) is 52.1 Å². The predicted octanol–water partition coefficient (Wildman–Crippen LogP) is 5.12. The average molecular weight is 412 g/mol. The number of nitrogens with zero attached hydrogens (tertiary/aromatic N) is 4. The molecule has 1 aliphatic rings. The molecule has 1 fully saturated rings. The van der Waals surface area contributed by atoms with Crippen LogP contribution in [0.1, 0.15) is 61.8 Å². The van der Waals surface area contributed by atoms with Crippen molar-refractivity contribution in [3.8, 4) is 0 Å². The lowest BCUT2D eigenvalue weighted by Crippen LogP contribution is -2.35. The van der Waals surface area contributed by atoms with Crippen molar-refractivity contribution < 1.29 is 13.6 Å². The summed E-state index contributed by atoms with van der Waals surface area (Å²) in [4.78, 5) is 24.1. The van der Waals surface area contributed by atoms with Gasteiger partial charge in [-0.15, -0.1) is 0 Å². The molecular formula is C23H26F2N4O. The van der Waals surface area contributed by atoms with Gasteiger partial charge in [0.1, 0.15) is 23.0 Å². The first-order valence-electron chi connectivity index (χ1n) is 10.5. The number of hydrogen-bond acceptors (Lipinski definition) is 3. The Morgan fingerprint density at radius 1 is 1.23 bits per heavy atom. The lowest BCUT2D eigenvalue weighted by atomic mass is 10.1.